The zero-order valence-electron chi connectivity index (χ0n) is 10.7. The smallest absolute Gasteiger partial charge is 0.188 e. The van der Waals surface area contributed by atoms with E-state index in [0.717, 1.165) is 0 Å². The number of rotatable bonds is 6. The molecule has 0 spiro atoms. The Morgan fingerprint density at radius 2 is 2.17 bits per heavy atom. The molecule has 106 valence electrons. The summed E-state index contributed by atoms with van der Waals surface area (Å²) in [7, 11) is 0. The maximum atomic E-state index is 9.78. The van der Waals surface area contributed by atoms with Crippen LogP contribution in [0.1, 0.15) is 26.7 Å². The third-order valence-corrected chi connectivity index (χ3v) is 3.10. The number of aliphatic hydroxyl groups excluding tert-OH is 3. The first kappa shape index (κ1) is 15.4. The normalized spacial score (nSPS) is 31.8. The SMILES string of the molecule is CC[C@@](C)(O)CCOC1OC(CO)C(O)=CC1O. The monoisotopic (exact) mass is 262 g/mol. The van der Waals surface area contributed by atoms with E-state index in [1.165, 1.54) is 6.08 Å². The highest BCUT2D eigenvalue weighted by atomic mass is 16.7. The molecule has 1 aliphatic rings. The zero-order valence-corrected chi connectivity index (χ0v) is 10.7. The predicted octanol–water partition coefficient (Wildman–Crippen LogP) is 0.0741. The molecule has 0 amide bonds. The van der Waals surface area contributed by atoms with Crippen molar-refractivity contribution in [3.05, 3.63) is 11.8 Å². The van der Waals surface area contributed by atoms with Gasteiger partial charge in [0.15, 0.2) is 6.29 Å². The van der Waals surface area contributed by atoms with Gasteiger partial charge in [0.25, 0.3) is 0 Å². The summed E-state index contributed by atoms with van der Waals surface area (Å²) in [6.45, 7) is 3.40. The lowest BCUT2D eigenvalue weighted by molar-refractivity contribution is -0.222. The Morgan fingerprint density at radius 1 is 1.50 bits per heavy atom. The van der Waals surface area contributed by atoms with Crippen molar-refractivity contribution < 1.29 is 29.9 Å². The molecule has 1 heterocycles. The molecular formula is C12H22O6. The summed E-state index contributed by atoms with van der Waals surface area (Å²) in [4.78, 5) is 0. The van der Waals surface area contributed by atoms with Crippen LogP contribution in [0, 0.1) is 0 Å². The minimum atomic E-state index is -1.08. The van der Waals surface area contributed by atoms with Crippen LogP contribution in [0.5, 0.6) is 0 Å². The van der Waals surface area contributed by atoms with Gasteiger partial charge in [-0.25, -0.2) is 0 Å². The third-order valence-electron chi connectivity index (χ3n) is 3.10. The predicted molar refractivity (Wildman–Crippen MR) is 63.9 cm³/mol. The molecule has 0 aromatic carbocycles. The lowest BCUT2D eigenvalue weighted by Crippen LogP contribution is -2.41. The highest BCUT2D eigenvalue weighted by Gasteiger charge is 2.31. The molecule has 0 saturated carbocycles. The molecule has 0 aromatic rings. The van der Waals surface area contributed by atoms with Crippen LogP contribution in [0.25, 0.3) is 0 Å². The van der Waals surface area contributed by atoms with Crippen LogP contribution in [-0.2, 0) is 9.47 Å². The topological polar surface area (TPSA) is 99.4 Å². The number of ether oxygens (including phenoxy) is 2. The Bertz CT molecular complexity index is 288. The molecule has 6 nitrogen and oxygen atoms in total. The zero-order chi connectivity index (χ0) is 13.8. The van der Waals surface area contributed by atoms with Gasteiger partial charge in [0.2, 0.25) is 0 Å². The Balaban J connectivity index is 2.44. The minimum Gasteiger partial charge on any atom is -0.510 e. The van der Waals surface area contributed by atoms with Crippen molar-refractivity contribution >= 4 is 0 Å². The summed E-state index contributed by atoms with van der Waals surface area (Å²) in [6, 6.07) is 0. The molecule has 0 fully saturated rings. The molecule has 1 rings (SSSR count). The fourth-order valence-electron chi connectivity index (χ4n) is 1.52. The van der Waals surface area contributed by atoms with Crippen LogP contribution in [-0.4, -0.2) is 57.7 Å². The Hall–Kier alpha value is -0.660. The molecule has 4 N–H and O–H groups in total. The average Bonchev–Trinajstić information content (AvgIpc) is 2.32. The molecule has 3 unspecified atom stereocenters. The summed E-state index contributed by atoms with van der Waals surface area (Å²) in [5, 5.41) is 37.7. The fourth-order valence-corrected chi connectivity index (χ4v) is 1.52. The average molecular weight is 262 g/mol. The van der Waals surface area contributed by atoms with Crippen LogP contribution in [0.15, 0.2) is 11.8 Å². The van der Waals surface area contributed by atoms with E-state index in [-0.39, 0.29) is 19.0 Å². The van der Waals surface area contributed by atoms with E-state index < -0.39 is 24.1 Å². The highest BCUT2D eigenvalue weighted by molar-refractivity contribution is 5.06. The summed E-state index contributed by atoms with van der Waals surface area (Å²) < 4.78 is 10.5. The van der Waals surface area contributed by atoms with Gasteiger partial charge in [-0.3, -0.25) is 0 Å². The van der Waals surface area contributed by atoms with Gasteiger partial charge in [-0.1, -0.05) is 6.92 Å². The molecule has 4 atom stereocenters. The largest absolute Gasteiger partial charge is 0.510 e. The van der Waals surface area contributed by atoms with Gasteiger partial charge >= 0.3 is 0 Å². The van der Waals surface area contributed by atoms with Crippen molar-refractivity contribution in [3.63, 3.8) is 0 Å². The van der Waals surface area contributed by atoms with Gasteiger partial charge in [0.05, 0.1) is 18.8 Å². The van der Waals surface area contributed by atoms with E-state index >= 15 is 0 Å². The molecular weight excluding hydrogens is 240 g/mol. The molecule has 0 bridgehead atoms. The van der Waals surface area contributed by atoms with Gasteiger partial charge in [0, 0.05) is 0 Å². The quantitative estimate of drug-likeness (QED) is 0.541. The van der Waals surface area contributed by atoms with Crippen LogP contribution in [0.4, 0.5) is 0 Å². The Morgan fingerprint density at radius 3 is 2.72 bits per heavy atom. The van der Waals surface area contributed by atoms with Gasteiger partial charge < -0.3 is 29.9 Å². The van der Waals surface area contributed by atoms with Crippen molar-refractivity contribution in [2.45, 2.75) is 50.8 Å². The maximum absolute atomic E-state index is 9.78. The summed E-state index contributed by atoms with van der Waals surface area (Å²) in [5.41, 5.74) is -0.812. The molecule has 0 aromatic heterocycles. The fraction of sp³-hybridized carbons (Fsp3) is 0.833. The molecule has 0 radical (unpaired) electrons. The first-order chi connectivity index (χ1) is 8.39. The molecule has 0 saturated heterocycles. The number of hydrogen-bond donors (Lipinski definition) is 4. The van der Waals surface area contributed by atoms with Crippen LogP contribution < -0.4 is 0 Å². The lowest BCUT2D eigenvalue weighted by Gasteiger charge is -2.31. The first-order valence-electron chi connectivity index (χ1n) is 6.08. The summed E-state index contributed by atoms with van der Waals surface area (Å²) >= 11 is 0. The van der Waals surface area contributed by atoms with Crippen LogP contribution >= 0.6 is 0 Å². The van der Waals surface area contributed by atoms with E-state index in [2.05, 4.69) is 0 Å². The summed E-state index contributed by atoms with van der Waals surface area (Å²) in [6.07, 6.45) is -0.692. The van der Waals surface area contributed by atoms with Crippen molar-refractivity contribution in [1.29, 1.82) is 0 Å². The Kier molecular flexibility index (Phi) is 5.55. The second kappa shape index (κ2) is 6.49. The second-order valence-electron chi connectivity index (χ2n) is 4.73. The van der Waals surface area contributed by atoms with Crippen molar-refractivity contribution in [3.8, 4) is 0 Å². The second-order valence-corrected chi connectivity index (χ2v) is 4.73. The van der Waals surface area contributed by atoms with Gasteiger partial charge in [0.1, 0.15) is 18.0 Å². The Labute approximate surface area is 106 Å². The van der Waals surface area contributed by atoms with Gasteiger partial charge in [-0.15, -0.1) is 0 Å². The van der Waals surface area contributed by atoms with Gasteiger partial charge in [-0.2, -0.15) is 0 Å². The van der Waals surface area contributed by atoms with Crippen molar-refractivity contribution in [2.24, 2.45) is 0 Å². The van der Waals surface area contributed by atoms with Crippen LogP contribution in [0.2, 0.25) is 0 Å². The first-order valence-corrected chi connectivity index (χ1v) is 6.08. The number of hydrogen-bond acceptors (Lipinski definition) is 6. The molecule has 18 heavy (non-hydrogen) atoms. The third kappa shape index (κ3) is 4.22. The van der Waals surface area contributed by atoms with E-state index in [4.69, 9.17) is 14.6 Å². The summed E-state index contributed by atoms with van der Waals surface area (Å²) in [5.74, 6) is -0.203. The molecule has 1 aliphatic heterocycles. The van der Waals surface area contributed by atoms with E-state index in [9.17, 15) is 15.3 Å². The highest BCUT2D eigenvalue weighted by Crippen LogP contribution is 2.20. The van der Waals surface area contributed by atoms with E-state index in [0.29, 0.717) is 12.8 Å². The minimum absolute atomic E-state index is 0.203. The van der Waals surface area contributed by atoms with Crippen LogP contribution in [0.3, 0.4) is 0 Å². The number of aliphatic hydroxyl groups is 4. The lowest BCUT2D eigenvalue weighted by atomic mass is 10.0. The molecule has 6 heteroatoms. The van der Waals surface area contributed by atoms with E-state index in [1.807, 2.05) is 6.92 Å². The van der Waals surface area contributed by atoms with Crippen molar-refractivity contribution in [1.82, 2.24) is 0 Å². The standard InChI is InChI=1S/C12H22O6/c1-3-12(2,16)4-5-17-11-9(15)6-8(14)10(7-13)18-11/h6,9-11,13-16H,3-5,7H2,1-2H3/t9?,10?,11?,12-/m1/s1. The molecule has 0 aliphatic carbocycles. The van der Waals surface area contributed by atoms with Gasteiger partial charge in [-0.05, 0) is 25.8 Å². The van der Waals surface area contributed by atoms with Crippen molar-refractivity contribution in [2.75, 3.05) is 13.2 Å². The maximum Gasteiger partial charge on any atom is 0.188 e. The van der Waals surface area contributed by atoms with E-state index in [1.54, 1.807) is 6.92 Å².